The number of carbonyl (C=O) groups excluding carboxylic acids is 2. The lowest BCUT2D eigenvalue weighted by atomic mass is 9.89. The smallest absolute Gasteiger partial charge is 0.337 e. The normalized spacial score (nSPS) is 15.3. The van der Waals surface area contributed by atoms with Crippen LogP contribution < -0.4 is 0 Å². The van der Waals surface area contributed by atoms with Gasteiger partial charge in [-0.25, -0.2) is 4.79 Å². The average Bonchev–Trinajstić information content (AvgIpc) is 3.07. The molecular weight excluding hydrogens is 346 g/mol. The molecule has 4 nitrogen and oxygen atoms in total. The Labute approximate surface area is 150 Å². The molecule has 6 heteroatoms. The zero-order valence-corrected chi connectivity index (χ0v) is 14.9. The first kappa shape index (κ1) is 17.0. The molecule has 1 fully saturated rings. The van der Waals surface area contributed by atoms with E-state index >= 15 is 0 Å². The summed E-state index contributed by atoms with van der Waals surface area (Å²) in [6.07, 6.45) is 1.84. The number of esters is 1. The number of rotatable bonds is 3. The second kappa shape index (κ2) is 7.36. The lowest BCUT2D eigenvalue weighted by molar-refractivity contribution is 0.0600. The Bertz CT molecular complexity index is 733. The van der Waals surface area contributed by atoms with Crippen molar-refractivity contribution in [2.24, 2.45) is 0 Å². The molecule has 0 unspecified atom stereocenters. The Morgan fingerprint density at radius 2 is 1.79 bits per heavy atom. The van der Waals surface area contributed by atoms with Crippen LogP contribution in [0.1, 0.15) is 44.4 Å². The standard InChI is InChI=1S/C18H18ClNO3S/c1-23-18(22)14-4-2-12(3-5-14)13-8-10-20(11-9-13)17(21)15-6-7-16(19)24-15/h2-7,13H,8-11H2,1H3. The van der Waals surface area contributed by atoms with Gasteiger partial charge in [-0.05, 0) is 48.6 Å². The van der Waals surface area contributed by atoms with Crippen molar-refractivity contribution in [2.75, 3.05) is 20.2 Å². The molecule has 1 aliphatic rings. The van der Waals surface area contributed by atoms with Crippen molar-refractivity contribution in [2.45, 2.75) is 18.8 Å². The Morgan fingerprint density at radius 3 is 2.33 bits per heavy atom. The molecule has 0 N–H and O–H groups in total. The van der Waals surface area contributed by atoms with Crippen LogP contribution in [0.4, 0.5) is 0 Å². The van der Waals surface area contributed by atoms with Gasteiger partial charge in [-0.1, -0.05) is 23.7 Å². The van der Waals surface area contributed by atoms with Gasteiger partial charge in [0.25, 0.3) is 5.91 Å². The van der Waals surface area contributed by atoms with Gasteiger partial charge in [0.15, 0.2) is 0 Å². The van der Waals surface area contributed by atoms with Crippen LogP contribution in [0.5, 0.6) is 0 Å². The number of hydrogen-bond acceptors (Lipinski definition) is 4. The van der Waals surface area contributed by atoms with Gasteiger partial charge in [-0.15, -0.1) is 11.3 Å². The minimum absolute atomic E-state index is 0.0615. The number of nitrogens with zero attached hydrogens (tertiary/aromatic N) is 1. The molecular formula is C18H18ClNO3S. The van der Waals surface area contributed by atoms with Crippen molar-refractivity contribution >= 4 is 34.8 Å². The second-order valence-corrected chi connectivity index (χ2v) is 7.50. The number of amides is 1. The van der Waals surface area contributed by atoms with E-state index in [2.05, 4.69) is 0 Å². The van der Waals surface area contributed by atoms with E-state index in [1.807, 2.05) is 17.0 Å². The van der Waals surface area contributed by atoms with Crippen molar-refractivity contribution in [3.05, 3.63) is 56.7 Å². The number of thiophene rings is 1. The van der Waals surface area contributed by atoms with Crippen LogP contribution in [0.3, 0.4) is 0 Å². The molecule has 2 heterocycles. The van der Waals surface area contributed by atoms with Gasteiger partial charge in [-0.2, -0.15) is 0 Å². The SMILES string of the molecule is COC(=O)c1ccc(C2CCN(C(=O)c3ccc(Cl)s3)CC2)cc1. The summed E-state index contributed by atoms with van der Waals surface area (Å²) in [5.41, 5.74) is 1.76. The first-order chi connectivity index (χ1) is 11.6. The number of ether oxygens (including phenoxy) is 1. The van der Waals surface area contributed by atoms with Crippen LogP contribution in [0, 0.1) is 0 Å². The Morgan fingerprint density at radius 1 is 1.12 bits per heavy atom. The summed E-state index contributed by atoms with van der Waals surface area (Å²) in [5.74, 6) is 0.149. The van der Waals surface area contributed by atoms with Crippen LogP contribution in [0.2, 0.25) is 4.34 Å². The van der Waals surface area contributed by atoms with E-state index in [4.69, 9.17) is 16.3 Å². The van der Waals surface area contributed by atoms with Crippen LogP contribution in [-0.4, -0.2) is 37.0 Å². The fourth-order valence-electron chi connectivity index (χ4n) is 3.01. The zero-order chi connectivity index (χ0) is 17.1. The molecule has 2 aromatic rings. The van der Waals surface area contributed by atoms with Gasteiger partial charge in [0.1, 0.15) is 0 Å². The Kier molecular flexibility index (Phi) is 5.21. The third kappa shape index (κ3) is 3.62. The summed E-state index contributed by atoms with van der Waals surface area (Å²) in [6, 6.07) is 11.1. The van der Waals surface area contributed by atoms with Crippen molar-refractivity contribution in [3.8, 4) is 0 Å². The van der Waals surface area contributed by atoms with Gasteiger partial charge in [0, 0.05) is 13.1 Å². The average molecular weight is 364 g/mol. The summed E-state index contributed by atoms with van der Waals surface area (Å²) in [5, 5.41) is 0. The highest BCUT2D eigenvalue weighted by Crippen LogP contribution is 2.30. The third-order valence-electron chi connectivity index (χ3n) is 4.37. The van der Waals surface area contributed by atoms with E-state index in [0.29, 0.717) is 20.7 Å². The molecule has 0 bridgehead atoms. The number of likely N-dealkylation sites (tertiary alicyclic amines) is 1. The van der Waals surface area contributed by atoms with Crippen LogP contribution in [0.15, 0.2) is 36.4 Å². The van der Waals surface area contributed by atoms with Gasteiger partial charge in [-0.3, -0.25) is 4.79 Å². The summed E-state index contributed by atoms with van der Waals surface area (Å²) >= 11 is 7.23. The van der Waals surface area contributed by atoms with Gasteiger partial charge in [0.2, 0.25) is 0 Å². The molecule has 1 saturated heterocycles. The number of piperidine rings is 1. The molecule has 1 aromatic heterocycles. The molecule has 0 aliphatic carbocycles. The molecule has 0 spiro atoms. The zero-order valence-electron chi connectivity index (χ0n) is 13.3. The summed E-state index contributed by atoms with van der Waals surface area (Å²) in [7, 11) is 1.38. The number of methoxy groups -OCH3 is 1. The van der Waals surface area contributed by atoms with E-state index in [1.165, 1.54) is 24.0 Å². The monoisotopic (exact) mass is 363 g/mol. The fourth-order valence-corrected chi connectivity index (χ4v) is 4.02. The summed E-state index contributed by atoms with van der Waals surface area (Å²) in [4.78, 5) is 26.5. The van der Waals surface area contributed by atoms with E-state index in [-0.39, 0.29) is 11.9 Å². The predicted octanol–water partition coefficient (Wildman–Crippen LogP) is 4.21. The minimum Gasteiger partial charge on any atom is -0.465 e. The van der Waals surface area contributed by atoms with Crippen molar-refractivity contribution < 1.29 is 14.3 Å². The molecule has 1 amide bonds. The largest absolute Gasteiger partial charge is 0.465 e. The first-order valence-electron chi connectivity index (χ1n) is 7.81. The molecule has 0 radical (unpaired) electrons. The molecule has 1 aliphatic heterocycles. The lowest BCUT2D eigenvalue weighted by Crippen LogP contribution is -2.37. The highest BCUT2D eigenvalue weighted by atomic mass is 35.5. The number of halogens is 1. The quantitative estimate of drug-likeness (QED) is 0.767. The predicted molar refractivity (Wildman–Crippen MR) is 95.0 cm³/mol. The number of carbonyl (C=O) groups is 2. The second-order valence-electron chi connectivity index (χ2n) is 5.78. The van der Waals surface area contributed by atoms with Gasteiger partial charge in [0.05, 0.1) is 21.9 Å². The van der Waals surface area contributed by atoms with Crippen LogP contribution >= 0.6 is 22.9 Å². The van der Waals surface area contributed by atoms with Crippen LogP contribution in [-0.2, 0) is 4.74 Å². The van der Waals surface area contributed by atoms with E-state index in [0.717, 1.165) is 25.9 Å². The molecule has 1 aromatic carbocycles. The number of benzene rings is 1. The molecule has 0 saturated carbocycles. The maximum Gasteiger partial charge on any atom is 0.337 e. The van der Waals surface area contributed by atoms with Crippen molar-refractivity contribution in [1.29, 1.82) is 0 Å². The fraction of sp³-hybridized carbons (Fsp3) is 0.333. The summed E-state index contributed by atoms with van der Waals surface area (Å²) < 4.78 is 5.35. The molecule has 3 rings (SSSR count). The molecule has 126 valence electrons. The molecule has 24 heavy (non-hydrogen) atoms. The van der Waals surface area contributed by atoms with Crippen LogP contribution in [0.25, 0.3) is 0 Å². The van der Waals surface area contributed by atoms with E-state index in [9.17, 15) is 9.59 Å². The van der Waals surface area contributed by atoms with Crippen molar-refractivity contribution in [3.63, 3.8) is 0 Å². The maximum atomic E-state index is 12.4. The maximum absolute atomic E-state index is 12.4. The lowest BCUT2D eigenvalue weighted by Gasteiger charge is -2.32. The Hall–Kier alpha value is -1.85. The molecule has 0 atom stereocenters. The third-order valence-corrected chi connectivity index (χ3v) is 5.59. The van der Waals surface area contributed by atoms with E-state index in [1.54, 1.807) is 24.3 Å². The highest BCUT2D eigenvalue weighted by molar-refractivity contribution is 7.17. The highest BCUT2D eigenvalue weighted by Gasteiger charge is 2.25. The first-order valence-corrected chi connectivity index (χ1v) is 9.01. The minimum atomic E-state index is -0.323. The topological polar surface area (TPSA) is 46.6 Å². The van der Waals surface area contributed by atoms with Gasteiger partial charge >= 0.3 is 5.97 Å². The van der Waals surface area contributed by atoms with E-state index < -0.39 is 0 Å². The van der Waals surface area contributed by atoms with Gasteiger partial charge < -0.3 is 9.64 Å². The Balaban J connectivity index is 1.60. The number of hydrogen-bond donors (Lipinski definition) is 0. The summed E-state index contributed by atoms with van der Waals surface area (Å²) in [6.45, 7) is 1.47. The van der Waals surface area contributed by atoms with Crippen molar-refractivity contribution in [1.82, 2.24) is 4.90 Å².